The second-order valence-corrected chi connectivity index (χ2v) is 7.16. The molecule has 33 heavy (non-hydrogen) atoms. The molecule has 1 aromatic rings. The molecule has 2 rings (SSSR count). The highest BCUT2D eigenvalue weighted by Crippen LogP contribution is 2.42. The Bertz CT molecular complexity index is 897. The van der Waals surface area contributed by atoms with E-state index in [0.29, 0.717) is 23.0 Å². The molecule has 11 heteroatoms. The van der Waals surface area contributed by atoms with Gasteiger partial charge in [0.1, 0.15) is 25.6 Å². The molecule has 0 bridgehead atoms. The third-order valence-corrected chi connectivity index (χ3v) is 4.95. The Morgan fingerprint density at radius 1 is 1.00 bits per heavy atom. The Labute approximate surface area is 189 Å². The first kappa shape index (κ1) is 26.8. The van der Waals surface area contributed by atoms with Gasteiger partial charge in [-0.15, -0.1) is 0 Å². The Hall–Kier alpha value is -2.47. The standard InChI is InChI=1S/C22H27F4NO6/c1-13-16(12-33-32-11-9-30-4)19(15-6-5-7-17(20(15)23)22(24,25)26)18(14(2)27-13)21(28)31-10-8-29-3/h5-7,19,27H,8-12H2,1-4H3. The number of carbonyl (C=O) groups excluding carboxylic acids is 1. The molecule has 0 saturated carbocycles. The molecule has 7 nitrogen and oxygen atoms in total. The number of nitrogens with one attached hydrogen (secondary N) is 1. The maximum absolute atomic E-state index is 15.2. The summed E-state index contributed by atoms with van der Waals surface area (Å²) in [7, 11) is 2.90. The monoisotopic (exact) mass is 477 g/mol. The highest BCUT2D eigenvalue weighted by atomic mass is 19.4. The maximum atomic E-state index is 15.2. The number of esters is 1. The summed E-state index contributed by atoms with van der Waals surface area (Å²) in [6.07, 6.45) is -4.91. The van der Waals surface area contributed by atoms with Crippen LogP contribution in [0.5, 0.6) is 0 Å². The summed E-state index contributed by atoms with van der Waals surface area (Å²) in [5.41, 5.74) is -0.684. The Kier molecular flexibility index (Phi) is 9.84. The molecule has 1 aliphatic rings. The van der Waals surface area contributed by atoms with Gasteiger partial charge in [-0.3, -0.25) is 0 Å². The van der Waals surface area contributed by atoms with Crippen LogP contribution in [-0.2, 0) is 35.0 Å². The number of halogens is 4. The molecule has 0 fully saturated rings. The van der Waals surface area contributed by atoms with Gasteiger partial charge in [0.15, 0.2) is 0 Å². The summed E-state index contributed by atoms with van der Waals surface area (Å²) >= 11 is 0. The van der Waals surface area contributed by atoms with E-state index >= 15 is 4.39 Å². The van der Waals surface area contributed by atoms with E-state index in [1.54, 1.807) is 13.8 Å². The van der Waals surface area contributed by atoms with Crippen LogP contribution in [0.2, 0.25) is 0 Å². The number of methoxy groups -OCH3 is 2. The van der Waals surface area contributed by atoms with Crippen molar-refractivity contribution in [1.82, 2.24) is 5.32 Å². The smallest absolute Gasteiger partial charge is 0.419 e. The lowest BCUT2D eigenvalue weighted by atomic mass is 9.80. The van der Waals surface area contributed by atoms with Gasteiger partial charge < -0.3 is 19.5 Å². The largest absolute Gasteiger partial charge is 0.460 e. The molecule has 184 valence electrons. The molecule has 0 amide bonds. The lowest BCUT2D eigenvalue weighted by Gasteiger charge is -2.32. The fourth-order valence-corrected chi connectivity index (χ4v) is 3.41. The Morgan fingerprint density at radius 2 is 1.67 bits per heavy atom. The minimum absolute atomic E-state index is 0.0366. The van der Waals surface area contributed by atoms with E-state index in [1.807, 2.05) is 0 Å². The summed E-state index contributed by atoms with van der Waals surface area (Å²) in [4.78, 5) is 23.1. The van der Waals surface area contributed by atoms with Crippen LogP contribution in [0.3, 0.4) is 0 Å². The summed E-state index contributed by atoms with van der Waals surface area (Å²) in [6.45, 7) is 3.33. The average Bonchev–Trinajstić information content (AvgIpc) is 2.74. The summed E-state index contributed by atoms with van der Waals surface area (Å²) < 4.78 is 70.3. The normalized spacial score (nSPS) is 16.8. The maximum Gasteiger partial charge on any atom is 0.419 e. The Morgan fingerprint density at radius 3 is 2.30 bits per heavy atom. The number of rotatable bonds is 11. The first-order valence-corrected chi connectivity index (χ1v) is 10.1. The van der Waals surface area contributed by atoms with Gasteiger partial charge in [0.05, 0.1) is 24.4 Å². The molecule has 0 spiro atoms. The van der Waals surface area contributed by atoms with Crippen LogP contribution in [0.25, 0.3) is 0 Å². The molecule has 0 radical (unpaired) electrons. The number of hydrogen-bond acceptors (Lipinski definition) is 7. The molecule has 1 heterocycles. The summed E-state index contributed by atoms with van der Waals surface area (Å²) in [6, 6.07) is 2.94. The van der Waals surface area contributed by atoms with Crippen molar-refractivity contribution in [1.29, 1.82) is 0 Å². The van der Waals surface area contributed by atoms with E-state index in [0.717, 1.165) is 6.07 Å². The minimum Gasteiger partial charge on any atom is -0.460 e. The van der Waals surface area contributed by atoms with Crippen molar-refractivity contribution < 1.29 is 46.3 Å². The van der Waals surface area contributed by atoms with Crippen molar-refractivity contribution in [2.24, 2.45) is 0 Å². The SMILES string of the molecule is COCCOOCC1=C(C)NC(C)=C(C(=O)OCCOC)C1c1cccc(C(F)(F)F)c1F. The fraction of sp³-hybridized carbons (Fsp3) is 0.500. The number of alkyl halides is 3. The van der Waals surface area contributed by atoms with Crippen LogP contribution < -0.4 is 5.32 Å². The van der Waals surface area contributed by atoms with E-state index in [-0.39, 0.29) is 44.2 Å². The second-order valence-electron chi connectivity index (χ2n) is 7.16. The van der Waals surface area contributed by atoms with Gasteiger partial charge in [-0.25, -0.2) is 19.0 Å². The average molecular weight is 477 g/mol. The van der Waals surface area contributed by atoms with Crippen molar-refractivity contribution in [2.45, 2.75) is 25.9 Å². The molecule has 0 aromatic heterocycles. The third kappa shape index (κ3) is 6.76. The fourth-order valence-electron chi connectivity index (χ4n) is 3.41. The topological polar surface area (TPSA) is 75.2 Å². The molecule has 1 atom stereocenters. The molecular formula is C22H27F4NO6. The van der Waals surface area contributed by atoms with Crippen LogP contribution in [0, 0.1) is 5.82 Å². The highest BCUT2D eigenvalue weighted by molar-refractivity contribution is 5.92. The van der Waals surface area contributed by atoms with Gasteiger partial charge >= 0.3 is 12.1 Å². The first-order valence-electron chi connectivity index (χ1n) is 10.1. The first-order chi connectivity index (χ1) is 15.6. The van der Waals surface area contributed by atoms with E-state index < -0.39 is 29.4 Å². The number of ether oxygens (including phenoxy) is 3. The molecule has 0 saturated heterocycles. The predicted molar refractivity (Wildman–Crippen MR) is 109 cm³/mol. The van der Waals surface area contributed by atoms with Crippen molar-refractivity contribution in [3.05, 3.63) is 57.7 Å². The predicted octanol–water partition coefficient (Wildman–Crippen LogP) is 3.86. The zero-order valence-electron chi connectivity index (χ0n) is 18.8. The van der Waals surface area contributed by atoms with Crippen molar-refractivity contribution >= 4 is 5.97 Å². The summed E-state index contributed by atoms with van der Waals surface area (Å²) in [5, 5.41) is 2.99. The molecule has 1 aromatic carbocycles. The number of benzene rings is 1. The number of hydrogen-bond donors (Lipinski definition) is 1. The van der Waals surface area contributed by atoms with Gasteiger partial charge in [0, 0.05) is 37.1 Å². The van der Waals surface area contributed by atoms with Gasteiger partial charge in [-0.2, -0.15) is 13.2 Å². The molecule has 1 N–H and O–H groups in total. The summed E-state index contributed by atoms with van der Waals surface area (Å²) in [5.74, 6) is -3.49. The minimum atomic E-state index is -4.91. The zero-order chi connectivity index (χ0) is 24.6. The second kappa shape index (κ2) is 12.1. The van der Waals surface area contributed by atoms with Crippen molar-refractivity contribution in [3.8, 4) is 0 Å². The Balaban J connectivity index is 2.52. The van der Waals surface area contributed by atoms with Gasteiger partial charge in [0.2, 0.25) is 0 Å². The van der Waals surface area contributed by atoms with Gasteiger partial charge in [0.25, 0.3) is 0 Å². The third-order valence-electron chi connectivity index (χ3n) is 4.95. The highest BCUT2D eigenvalue weighted by Gasteiger charge is 2.40. The van der Waals surface area contributed by atoms with Gasteiger partial charge in [-0.05, 0) is 25.5 Å². The van der Waals surface area contributed by atoms with Crippen LogP contribution in [0.1, 0.15) is 30.9 Å². The van der Waals surface area contributed by atoms with Crippen LogP contribution in [-0.4, -0.2) is 53.2 Å². The molecule has 1 unspecified atom stereocenters. The quantitative estimate of drug-likeness (QED) is 0.171. The van der Waals surface area contributed by atoms with Crippen LogP contribution in [0.15, 0.2) is 40.7 Å². The van der Waals surface area contributed by atoms with Crippen molar-refractivity contribution in [2.75, 3.05) is 47.3 Å². The lowest BCUT2D eigenvalue weighted by molar-refractivity contribution is -0.292. The van der Waals surface area contributed by atoms with Crippen molar-refractivity contribution in [3.63, 3.8) is 0 Å². The van der Waals surface area contributed by atoms with E-state index in [9.17, 15) is 18.0 Å². The van der Waals surface area contributed by atoms with E-state index in [4.69, 9.17) is 24.0 Å². The number of allylic oxidation sites excluding steroid dienone is 2. The lowest BCUT2D eigenvalue weighted by Crippen LogP contribution is -2.32. The van der Waals surface area contributed by atoms with E-state index in [2.05, 4.69) is 5.32 Å². The van der Waals surface area contributed by atoms with Crippen LogP contribution >= 0.6 is 0 Å². The molecule has 0 aliphatic carbocycles. The number of carbonyl (C=O) groups is 1. The molecular weight excluding hydrogens is 450 g/mol. The van der Waals surface area contributed by atoms with Gasteiger partial charge in [-0.1, -0.05) is 12.1 Å². The molecule has 1 aliphatic heterocycles. The number of dihydropyridines is 1. The zero-order valence-corrected chi connectivity index (χ0v) is 18.8. The van der Waals surface area contributed by atoms with E-state index in [1.165, 1.54) is 20.3 Å². The van der Waals surface area contributed by atoms with Crippen LogP contribution in [0.4, 0.5) is 17.6 Å².